The number of hydrogen-bond acceptors (Lipinski definition) is 3. The number of likely N-dealkylation sites (N-methyl/N-ethyl adjacent to an activating group) is 1. The van der Waals surface area contributed by atoms with Crippen LogP contribution in [-0.2, 0) is 11.3 Å². The Bertz CT molecular complexity index is 494. The molecule has 1 aliphatic heterocycles. The van der Waals surface area contributed by atoms with Gasteiger partial charge in [-0.2, -0.15) is 0 Å². The summed E-state index contributed by atoms with van der Waals surface area (Å²) in [6.07, 6.45) is 1.06. The molecule has 5 heteroatoms. The van der Waals surface area contributed by atoms with Gasteiger partial charge in [0.2, 0.25) is 5.91 Å². The second kappa shape index (κ2) is 7.25. The molecular weight excluding hydrogens is 286 g/mol. The molecule has 0 spiro atoms. The largest absolute Gasteiger partial charge is 0.340 e. The Hall–Kier alpha value is -1.10. The average Bonchev–Trinajstić information content (AvgIpc) is 2.43. The zero-order valence-electron chi connectivity index (χ0n) is 12.8. The second-order valence-electron chi connectivity index (χ2n) is 6.04. The van der Waals surface area contributed by atoms with Crippen LogP contribution < -0.4 is 5.73 Å². The molecule has 21 heavy (non-hydrogen) atoms. The van der Waals surface area contributed by atoms with Gasteiger partial charge in [-0.05, 0) is 36.6 Å². The van der Waals surface area contributed by atoms with Crippen molar-refractivity contribution in [1.29, 1.82) is 0 Å². The molecule has 1 aromatic rings. The predicted octanol–water partition coefficient (Wildman–Crippen LogP) is 1.97. The fraction of sp³-hybridized carbons (Fsp3) is 0.562. The highest BCUT2D eigenvalue weighted by Crippen LogP contribution is 2.16. The van der Waals surface area contributed by atoms with Gasteiger partial charge in [0.15, 0.2) is 0 Å². The Labute approximate surface area is 131 Å². The van der Waals surface area contributed by atoms with Gasteiger partial charge in [0.25, 0.3) is 0 Å². The van der Waals surface area contributed by atoms with Gasteiger partial charge < -0.3 is 10.6 Å². The van der Waals surface area contributed by atoms with E-state index in [1.165, 1.54) is 0 Å². The molecule has 1 saturated heterocycles. The fourth-order valence-corrected chi connectivity index (χ4v) is 2.84. The molecule has 0 bridgehead atoms. The zero-order valence-corrected chi connectivity index (χ0v) is 13.5. The zero-order chi connectivity index (χ0) is 15.4. The molecular formula is C16H24ClN3O. The van der Waals surface area contributed by atoms with Gasteiger partial charge in [0.05, 0.1) is 6.54 Å². The van der Waals surface area contributed by atoms with Crippen molar-refractivity contribution in [2.75, 3.05) is 26.7 Å². The van der Waals surface area contributed by atoms with Gasteiger partial charge in [0, 0.05) is 31.2 Å². The minimum atomic E-state index is 0.122. The summed E-state index contributed by atoms with van der Waals surface area (Å²) in [5.74, 6) is 0.664. The van der Waals surface area contributed by atoms with E-state index >= 15 is 0 Å². The van der Waals surface area contributed by atoms with E-state index in [1.54, 1.807) is 4.90 Å². The highest BCUT2D eigenvalue weighted by atomic mass is 35.5. The lowest BCUT2D eigenvalue weighted by molar-refractivity contribution is -0.132. The van der Waals surface area contributed by atoms with Crippen LogP contribution in [0, 0.1) is 5.92 Å². The molecule has 4 nitrogen and oxygen atoms in total. The number of amides is 1. The Morgan fingerprint density at radius 3 is 2.95 bits per heavy atom. The van der Waals surface area contributed by atoms with Crippen molar-refractivity contribution in [2.24, 2.45) is 11.7 Å². The lowest BCUT2D eigenvalue weighted by Gasteiger charge is -2.35. The van der Waals surface area contributed by atoms with E-state index < -0.39 is 0 Å². The molecule has 1 aliphatic rings. The first-order valence-corrected chi connectivity index (χ1v) is 7.80. The SMILES string of the molecule is CC1CCN(CC(=O)N(C)Cc2cccc(Cl)c2)CC1N. The first-order chi connectivity index (χ1) is 9.95. The van der Waals surface area contributed by atoms with E-state index in [0.717, 1.165) is 25.1 Å². The van der Waals surface area contributed by atoms with Crippen LogP contribution in [0.25, 0.3) is 0 Å². The van der Waals surface area contributed by atoms with Crippen LogP contribution in [0.3, 0.4) is 0 Å². The molecule has 0 aromatic heterocycles. The van der Waals surface area contributed by atoms with E-state index in [2.05, 4.69) is 11.8 Å². The lowest BCUT2D eigenvalue weighted by atomic mass is 9.94. The van der Waals surface area contributed by atoms with E-state index in [-0.39, 0.29) is 11.9 Å². The first kappa shape index (κ1) is 16.3. The number of nitrogens with two attached hydrogens (primary N) is 1. The molecule has 0 saturated carbocycles. The molecule has 1 amide bonds. The number of carbonyl (C=O) groups excluding carboxylic acids is 1. The van der Waals surface area contributed by atoms with Crippen molar-refractivity contribution >= 4 is 17.5 Å². The molecule has 0 aliphatic carbocycles. The molecule has 116 valence electrons. The van der Waals surface area contributed by atoms with Crippen molar-refractivity contribution in [3.8, 4) is 0 Å². The maximum atomic E-state index is 12.3. The Balaban J connectivity index is 1.85. The summed E-state index contributed by atoms with van der Waals surface area (Å²) in [4.78, 5) is 16.2. The second-order valence-corrected chi connectivity index (χ2v) is 6.48. The first-order valence-electron chi connectivity index (χ1n) is 7.42. The quantitative estimate of drug-likeness (QED) is 0.925. The van der Waals surface area contributed by atoms with Crippen LogP contribution in [0.2, 0.25) is 5.02 Å². The van der Waals surface area contributed by atoms with Crippen molar-refractivity contribution in [3.63, 3.8) is 0 Å². The van der Waals surface area contributed by atoms with Crippen molar-refractivity contribution < 1.29 is 4.79 Å². The molecule has 1 heterocycles. The molecule has 1 aromatic carbocycles. The highest BCUT2D eigenvalue weighted by molar-refractivity contribution is 6.30. The summed E-state index contributed by atoms with van der Waals surface area (Å²) in [6, 6.07) is 7.78. The van der Waals surface area contributed by atoms with Gasteiger partial charge in [-0.3, -0.25) is 9.69 Å². The Kier molecular flexibility index (Phi) is 5.62. The maximum Gasteiger partial charge on any atom is 0.236 e. The highest BCUT2D eigenvalue weighted by Gasteiger charge is 2.25. The van der Waals surface area contributed by atoms with Crippen molar-refractivity contribution in [1.82, 2.24) is 9.80 Å². The Morgan fingerprint density at radius 2 is 2.29 bits per heavy atom. The standard InChI is InChI=1S/C16H24ClN3O/c1-12-6-7-20(10-15(12)18)11-16(21)19(2)9-13-4-3-5-14(17)8-13/h3-5,8,12,15H,6-7,9-11,18H2,1-2H3. The third-order valence-electron chi connectivity index (χ3n) is 4.19. The smallest absolute Gasteiger partial charge is 0.236 e. The van der Waals surface area contributed by atoms with Gasteiger partial charge >= 0.3 is 0 Å². The monoisotopic (exact) mass is 309 g/mol. The summed E-state index contributed by atoms with van der Waals surface area (Å²) >= 11 is 5.97. The van der Waals surface area contributed by atoms with Crippen LogP contribution in [0.15, 0.2) is 24.3 Å². The summed E-state index contributed by atoms with van der Waals surface area (Å²) in [7, 11) is 1.83. The summed E-state index contributed by atoms with van der Waals surface area (Å²) in [6.45, 7) is 4.95. The normalized spacial score (nSPS) is 23.0. The minimum absolute atomic E-state index is 0.122. The van der Waals surface area contributed by atoms with Gasteiger partial charge in [-0.1, -0.05) is 30.7 Å². The van der Waals surface area contributed by atoms with Crippen LogP contribution >= 0.6 is 11.6 Å². The number of halogens is 1. The van der Waals surface area contributed by atoms with Crippen LogP contribution in [0.5, 0.6) is 0 Å². The van der Waals surface area contributed by atoms with Crippen molar-refractivity contribution in [3.05, 3.63) is 34.9 Å². The molecule has 0 radical (unpaired) electrons. The number of hydrogen-bond donors (Lipinski definition) is 1. The summed E-state index contributed by atoms with van der Waals surface area (Å²) in [5.41, 5.74) is 7.12. The number of carbonyl (C=O) groups is 1. The van der Waals surface area contributed by atoms with Crippen LogP contribution in [-0.4, -0.2) is 48.4 Å². The van der Waals surface area contributed by atoms with Gasteiger partial charge in [0.1, 0.15) is 0 Å². The van der Waals surface area contributed by atoms with E-state index in [4.69, 9.17) is 17.3 Å². The van der Waals surface area contributed by atoms with E-state index in [9.17, 15) is 4.79 Å². The van der Waals surface area contributed by atoms with Gasteiger partial charge in [-0.25, -0.2) is 0 Å². The summed E-state index contributed by atoms with van der Waals surface area (Å²) < 4.78 is 0. The van der Waals surface area contributed by atoms with E-state index in [1.807, 2.05) is 31.3 Å². The number of likely N-dealkylation sites (tertiary alicyclic amines) is 1. The minimum Gasteiger partial charge on any atom is -0.340 e. The number of benzene rings is 1. The number of piperidine rings is 1. The fourth-order valence-electron chi connectivity index (χ4n) is 2.62. The predicted molar refractivity (Wildman–Crippen MR) is 86.1 cm³/mol. The Morgan fingerprint density at radius 1 is 1.52 bits per heavy atom. The topological polar surface area (TPSA) is 49.6 Å². The molecule has 2 unspecified atom stereocenters. The summed E-state index contributed by atoms with van der Waals surface area (Å²) in [5, 5.41) is 0.698. The number of rotatable bonds is 4. The molecule has 2 atom stereocenters. The molecule has 2 rings (SSSR count). The van der Waals surface area contributed by atoms with Crippen molar-refractivity contribution in [2.45, 2.75) is 25.9 Å². The third kappa shape index (κ3) is 4.70. The maximum absolute atomic E-state index is 12.3. The number of nitrogens with zero attached hydrogens (tertiary/aromatic N) is 2. The molecule has 1 fully saturated rings. The lowest BCUT2D eigenvalue weighted by Crippen LogP contribution is -2.50. The van der Waals surface area contributed by atoms with E-state index in [0.29, 0.717) is 24.0 Å². The van der Waals surface area contributed by atoms with Crippen LogP contribution in [0.4, 0.5) is 0 Å². The van der Waals surface area contributed by atoms with Crippen LogP contribution in [0.1, 0.15) is 18.9 Å². The average molecular weight is 310 g/mol. The third-order valence-corrected chi connectivity index (χ3v) is 4.43. The molecule has 2 N–H and O–H groups in total. The van der Waals surface area contributed by atoms with Gasteiger partial charge in [-0.15, -0.1) is 0 Å².